The lowest BCUT2D eigenvalue weighted by Crippen LogP contribution is -2.44. The summed E-state index contributed by atoms with van der Waals surface area (Å²) in [7, 11) is 1.66. The lowest BCUT2D eigenvalue weighted by atomic mass is 9.90. The second kappa shape index (κ2) is 7.62. The molecule has 0 unspecified atom stereocenters. The quantitative estimate of drug-likeness (QED) is 0.634. The van der Waals surface area contributed by atoms with Crippen molar-refractivity contribution in [2.45, 2.75) is 32.6 Å². The molecule has 3 aliphatic rings. The first-order valence-corrected chi connectivity index (χ1v) is 10.8. The third kappa shape index (κ3) is 3.56. The SMILES string of the molecule is COc1ccc(-c2cccc3c2CCC3=O)c(OCC2(C)COC2)c1OCC1CC1. The fourth-order valence-corrected chi connectivity index (χ4v) is 4.21. The standard InChI is InChI=1S/C25H28O5/c1-25(13-28-14-25)15-30-23-20(17-4-3-5-19-18(17)8-10-21(19)26)9-11-22(27-2)24(23)29-12-16-6-7-16/h3-5,9,11,16H,6-8,10,12-15H2,1-2H3. The van der Waals surface area contributed by atoms with Gasteiger partial charge in [-0.15, -0.1) is 0 Å². The zero-order valence-corrected chi connectivity index (χ0v) is 17.7. The molecule has 1 aliphatic heterocycles. The fraction of sp³-hybridized carbons (Fsp3) is 0.480. The highest BCUT2D eigenvalue weighted by molar-refractivity contribution is 6.02. The number of fused-ring (bicyclic) bond motifs is 1. The average Bonchev–Trinajstić information content (AvgIpc) is 3.50. The first-order valence-electron chi connectivity index (χ1n) is 10.8. The van der Waals surface area contributed by atoms with Crippen LogP contribution in [0.3, 0.4) is 0 Å². The highest BCUT2D eigenvalue weighted by atomic mass is 16.5. The van der Waals surface area contributed by atoms with Crippen LogP contribution in [0.5, 0.6) is 17.2 Å². The Morgan fingerprint density at radius 1 is 1.00 bits per heavy atom. The molecule has 2 aromatic rings. The van der Waals surface area contributed by atoms with Crippen LogP contribution in [-0.4, -0.2) is 39.3 Å². The van der Waals surface area contributed by atoms with E-state index in [0.29, 0.717) is 56.0 Å². The molecule has 2 aliphatic carbocycles. The van der Waals surface area contributed by atoms with Gasteiger partial charge in [0, 0.05) is 23.0 Å². The smallest absolute Gasteiger partial charge is 0.204 e. The largest absolute Gasteiger partial charge is 0.493 e. The first kappa shape index (κ1) is 19.4. The van der Waals surface area contributed by atoms with E-state index < -0.39 is 0 Å². The van der Waals surface area contributed by atoms with Crippen LogP contribution in [0.25, 0.3) is 11.1 Å². The van der Waals surface area contributed by atoms with Gasteiger partial charge >= 0.3 is 0 Å². The Morgan fingerprint density at radius 3 is 2.50 bits per heavy atom. The van der Waals surface area contributed by atoms with Crippen molar-refractivity contribution in [2.24, 2.45) is 11.3 Å². The summed E-state index contributed by atoms with van der Waals surface area (Å²) in [5.74, 6) is 2.87. The molecule has 5 nitrogen and oxygen atoms in total. The zero-order valence-electron chi connectivity index (χ0n) is 17.7. The van der Waals surface area contributed by atoms with Gasteiger partial charge in [0.05, 0.1) is 33.5 Å². The van der Waals surface area contributed by atoms with Crippen molar-refractivity contribution in [2.75, 3.05) is 33.5 Å². The van der Waals surface area contributed by atoms with Gasteiger partial charge in [0.15, 0.2) is 17.3 Å². The Morgan fingerprint density at radius 2 is 1.80 bits per heavy atom. The maximum atomic E-state index is 12.3. The first-order chi connectivity index (χ1) is 14.6. The molecule has 5 heteroatoms. The van der Waals surface area contributed by atoms with Crippen molar-refractivity contribution in [3.8, 4) is 28.4 Å². The van der Waals surface area contributed by atoms with Crippen LogP contribution in [-0.2, 0) is 11.2 Å². The summed E-state index contributed by atoms with van der Waals surface area (Å²) < 4.78 is 23.7. The van der Waals surface area contributed by atoms with Crippen molar-refractivity contribution < 1.29 is 23.7 Å². The van der Waals surface area contributed by atoms with E-state index in [9.17, 15) is 4.79 Å². The van der Waals surface area contributed by atoms with E-state index >= 15 is 0 Å². The molecule has 5 rings (SSSR count). The molecule has 0 N–H and O–H groups in total. The number of ketones is 1. The van der Waals surface area contributed by atoms with Gasteiger partial charge in [-0.3, -0.25) is 4.79 Å². The minimum Gasteiger partial charge on any atom is -0.493 e. The van der Waals surface area contributed by atoms with Gasteiger partial charge in [0.25, 0.3) is 0 Å². The predicted molar refractivity (Wildman–Crippen MR) is 114 cm³/mol. The van der Waals surface area contributed by atoms with Crippen molar-refractivity contribution in [1.82, 2.24) is 0 Å². The fourth-order valence-electron chi connectivity index (χ4n) is 4.21. The summed E-state index contributed by atoms with van der Waals surface area (Å²) in [5, 5.41) is 0. The monoisotopic (exact) mass is 408 g/mol. The van der Waals surface area contributed by atoms with Gasteiger partial charge in [-0.05, 0) is 48.4 Å². The van der Waals surface area contributed by atoms with Gasteiger partial charge in [-0.1, -0.05) is 25.1 Å². The van der Waals surface area contributed by atoms with Crippen molar-refractivity contribution >= 4 is 5.78 Å². The van der Waals surface area contributed by atoms with Crippen molar-refractivity contribution in [3.63, 3.8) is 0 Å². The van der Waals surface area contributed by atoms with E-state index in [1.165, 1.54) is 12.8 Å². The van der Waals surface area contributed by atoms with Gasteiger partial charge in [0.1, 0.15) is 0 Å². The minimum absolute atomic E-state index is 0.00269. The Kier molecular flexibility index (Phi) is 4.94. The molecule has 0 atom stereocenters. The van der Waals surface area contributed by atoms with Gasteiger partial charge in [-0.2, -0.15) is 0 Å². The van der Waals surface area contributed by atoms with E-state index in [2.05, 4.69) is 13.0 Å². The summed E-state index contributed by atoms with van der Waals surface area (Å²) in [6.45, 7) is 4.77. The molecule has 1 heterocycles. The van der Waals surface area contributed by atoms with E-state index in [0.717, 1.165) is 28.7 Å². The molecule has 2 fully saturated rings. The summed E-state index contributed by atoms with van der Waals surface area (Å²) >= 11 is 0. The minimum atomic E-state index is 0.00269. The van der Waals surface area contributed by atoms with Crippen LogP contribution in [0.15, 0.2) is 30.3 Å². The number of ether oxygens (including phenoxy) is 4. The summed E-state index contributed by atoms with van der Waals surface area (Å²) in [6.07, 6.45) is 3.75. The molecule has 2 aromatic carbocycles. The molecule has 158 valence electrons. The number of Topliss-reactive ketones (excluding diaryl/α,β-unsaturated/α-hetero) is 1. The van der Waals surface area contributed by atoms with Crippen LogP contribution in [0, 0.1) is 11.3 Å². The Labute approximate surface area is 177 Å². The third-order valence-corrected chi connectivity index (χ3v) is 6.29. The topological polar surface area (TPSA) is 54.0 Å². The summed E-state index contributed by atoms with van der Waals surface area (Å²) in [4.78, 5) is 12.3. The van der Waals surface area contributed by atoms with Crippen LogP contribution >= 0.6 is 0 Å². The second-order valence-corrected chi connectivity index (χ2v) is 9.08. The molecule has 1 saturated heterocycles. The van der Waals surface area contributed by atoms with Crippen LogP contribution in [0.2, 0.25) is 0 Å². The highest BCUT2D eigenvalue weighted by Gasteiger charge is 2.36. The van der Waals surface area contributed by atoms with E-state index in [1.54, 1.807) is 7.11 Å². The lowest BCUT2D eigenvalue weighted by molar-refractivity contribution is -0.120. The normalized spacial score (nSPS) is 19.2. The maximum absolute atomic E-state index is 12.3. The Balaban J connectivity index is 1.58. The lowest BCUT2D eigenvalue weighted by Gasteiger charge is -2.37. The zero-order chi connectivity index (χ0) is 20.7. The number of carbonyl (C=O) groups excluding carboxylic acids is 1. The van der Waals surface area contributed by atoms with E-state index in [1.807, 2.05) is 24.3 Å². The van der Waals surface area contributed by atoms with Crippen molar-refractivity contribution in [3.05, 3.63) is 41.5 Å². The van der Waals surface area contributed by atoms with Gasteiger partial charge in [0.2, 0.25) is 5.75 Å². The van der Waals surface area contributed by atoms with E-state index in [4.69, 9.17) is 18.9 Å². The molecule has 0 spiro atoms. The van der Waals surface area contributed by atoms with Gasteiger partial charge < -0.3 is 18.9 Å². The molecule has 30 heavy (non-hydrogen) atoms. The average molecular weight is 408 g/mol. The molecule has 1 saturated carbocycles. The molecule has 0 aromatic heterocycles. The van der Waals surface area contributed by atoms with Gasteiger partial charge in [-0.25, -0.2) is 0 Å². The van der Waals surface area contributed by atoms with Crippen LogP contribution in [0.4, 0.5) is 0 Å². The molecule has 0 bridgehead atoms. The predicted octanol–water partition coefficient (Wildman–Crippen LogP) is 4.70. The molecule has 0 amide bonds. The maximum Gasteiger partial charge on any atom is 0.204 e. The van der Waals surface area contributed by atoms with Crippen LogP contribution in [0.1, 0.15) is 42.1 Å². The number of methoxy groups -OCH3 is 1. The summed E-state index contributed by atoms with van der Waals surface area (Å²) in [6, 6.07) is 9.92. The molecular formula is C25H28O5. The third-order valence-electron chi connectivity index (χ3n) is 6.29. The van der Waals surface area contributed by atoms with E-state index in [-0.39, 0.29) is 11.2 Å². The Bertz CT molecular complexity index is 972. The highest BCUT2D eigenvalue weighted by Crippen LogP contribution is 2.48. The summed E-state index contributed by atoms with van der Waals surface area (Å²) in [5.41, 5.74) is 3.93. The number of hydrogen-bond donors (Lipinski definition) is 0. The second-order valence-electron chi connectivity index (χ2n) is 9.08. The van der Waals surface area contributed by atoms with Crippen LogP contribution < -0.4 is 14.2 Å². The molecular weight excluding hydrogens is 380 g/mol. The number of rotatable bonds is 8. The van der Waals surface area contributed by atoms with Crippen molar-refractivity contribution in [1.29, 1.82) is 0 Å². The Hall–Kier alpha value is -2.53. The number of benzene rings is 2. The molecule has 0 radical (unpaired) electrons. The number of hydrogen-bond acceptors (Lipinski definition) is 5. The number of carbonyl (C=O) groups is 1.